The van der Waals surface area contributed by atoms with Gasteiger partial charge in [-0.1, -0.05) is 6.07 Å². The average molecular weight is 366 g/mol. The molecular weight excluding hydrogens is 347 g/mol. The minimum atomic E-state index is -0.433. The molecule has 1 unspecified atom stereocenters. The van der Waals surface area contributed by atoms with Crippen LogP contribution in [0.5, 0.6) is 0 Å². The maximum Gasteiger partial charge on any atom is 0.226 e. The Kier molecular flexibility index (Phi) is 4.68. The van der Waals surface area contributed by atoms with Crippen LogP contribution < -0.4 is 11.1 Å². The van der Waals surface area contributed by atoms with Gasteiger partial charge in [-0.2, -0.15) is 0 Å². The molecule has 7 heteroatoms. The lowest BCUT2D eigenvalue weighted by Gasteiger charge is -2.12. The van der Waals surface area contributed by atoms with Gasteiger partial charge in [0.2, 0.25) is 5.91 Å². The number of rotatable bonds is 4. The molecule has 0 saturated carbocycles. The minimum Gasteiger partial charge on any atom is -0.383 e. The Morgan fingerprint density at radius 3 is 2.93 bits per heavy atom. The predicted octanol–water partition coefficient (Wildman–Crippen LogP) is 3.53. The van der Waals surface area contributed by atoms with E-state index in [1.807, 2.05) is 18.2 Å². The molecule has 4 rings (SSSR count). The first kappa shape index (κ1) is 17.4. The van der Waals surface area contributed by atoms with Crippen LogP contribution in [0.3, 0.4) is 0 Å². The van der Waals surface area contributed by atoms with E-state index in [1.54, 1.807) is 6.07 Å². The highest BCUT2D eigenvalue weighted by Gasteiger charge is 2.19. The van der Waals surface area contributed by atoms with Crippen molar-refractivity contribution in [1.82, 2.24) is 9.97 Å². The van der Waals surface area contributed by atoms with Gasteiger partial charge < -0.3 is 15.8 Å². The Balaban J connectivity index is 1.60. The Morgan fingerprint density at radius 1 is 1.22 bits per heavy atom. The van der Waals surface area contributed by atoms with Gasteiger partial charge in [0, 0.05) is 17.7 Å². The van der Waals surface area contributed by atoms with Crippen molar-refractivity contribution >= 4 is 28.3 Å². The van der Waals surface area contributed by atoms with Crippen molar-refractivity contribution in [3.63, 3.8) is 0 Å². The molecule has 0 aliphatic carbocycles. The molecule has 0 radical (unpaired) electrons. The second-order valence-electron chi connectivity index (χ2n) is 6.61. The van der Waals surface area contributed by atoms with E-state index in [-0.39, 0.29) is 18.4 Å². The second kappa shape index (κ2) is 7.28. The number of aromatic nitrogens is 2. The third-order valence-electron chi connectivity index (χ3n) is 4.62. The fourth-order valence-corrected chi connectivity index (χ4v) is 3.31. The Morgan fingerprint density at radius 2 is 2.11 bits per heavy atom. The minimum absolute atomic E-state index is 0.0542. The van der Waals surface area contributed by atoms with Crippen LogP contribution in [0.25, 0.3) is 22.0 Å². The average Bonchev–Trinajstić information content (AvgIpc) is 3.14. The number of hydrogen-bond acceptors (Lipinski definition) is 5. The Labute approximate surface area is 155 Å². The van der Waals surface area contributed by atoms with E-state index in [1.165, 1.54) is 18.5 Å². The van der Waals surface area contributed by atoms with E-state index in [0.29, 0.717) is 34.6 Å². The number of hydrogen-bond donors (Lipinski definition) is 2. The Hall–Kier alpha value is -3.06. The lowest BCUT2D eigenvalue weighted by molar-refractivity contribution is -0.118. The number of nitrogens with one attached hydrogen (secondary N) is 1. The van der Waals surface area contributed by atoms with Gasteiger partial charge in [0.25, 0.3) is 0 Å². The van der Waals surface area contributed by atoms with Crippen LogP contribution in [0.15, 0.2) is 42.7 Å². The summed E-state index contributed by atoms with van der Waals surface area (Å²) in [6.07, 6.45) is 3.47. The zero-order chi connectivity index (χ0) is 18.8. The summed E-state index contributed by atoms with van der Waals surface area (Å²) in [7, 11) is 0. The van der Waals surface area contributed by atoms with Crippen LogP contribution in [0, 0.1) is 5.82 Å². The monoisotopic (exact) mass is 366 g/mol. The lowest BCUT2D eigenvalue weighted by atomic mass is 10.0. The van der Waals surface area contributed by atoms with E-state index in [2.05, 4.69) is 15.3 Å². The van der Waals surface area contributed by atoms with Crippen LogP contribution in [0.1, 0.15) is 19.3 Å². The summed E-state index contributed by atoms with van der Waals surface area (Å²) < 4.78 is 19.6. The molecule has 0 spiro atoms. The van der Waals surface area contributed by atoms with Crippen LogP contribution >= 0.6 is 0 Å². The molecule has 138 valence electrons. The number of halogens is 1. The quantitative estimate of drug-likeness (QED) is 0.737. The summed E-state index contributed by atoms with van der Waals surface area (Å²) in [5.74, 6) is -0.254. The molecular formula is C20H19FN4O2. The van der Waals surface area contributed by atoms with Crippen molar-refractivity contribution in [1.29, 1.82) is 0 Å². The number of carbonyl (C=O) groups excluding carboxylic acids is 1. The number of carbonyl (C=O) groups is 1. The number of nitrogens with two attached hydrogens (primary N) is 1. The fraction of sp³-hybridized carbons (Fsp3) is 0.250. The Bertz CT molecular complexity index is 1000. The zero-order valence-electron chi connectivity index (χ0n) is 14.6. The maximum atomic E-state index is 14.1. The first-order valence-electron chi connectivity index (χ1n) is 8.81. The van der Waals surface area contributed by atoms with Gasteiger partial charge in [-0.3, -0.25) is 4.79 Å². The molecule has 1 aliphatic rings. The number of ether oxygens (including phenoxy) is 1. The SMILES string of the molecule is Nc1ncnc2ccc(-c3cc(F)cc(NC(=O)CC4CCCO4)c3)cc12. The molecule has 1 aromatic heterocycles. The van der Waals surface area contributed by atoms with Gasteiger partial charge in [-0.25, -0.2) is 14.4 Å². The van der Waals surface area contributed by atoms with Crippen molar-refractivity contribution < 1.29 is 13.9 Å². The molecule has 27 heavy (non-hydrogen) atoms. The third kappa shape index (κ3) is 3.88. The summed E-state index contributed by atoms with van der Waals surface area (Å²) in [5.41, 5.74) is 8.43. The van der Waals surface area contributed by atoms with E-state index in [9.17, 15) is 9.18 Å². The zero-order valence-corrected chi connectivity index (χ0v) is 14.6. The number of nitrogens with zero attached hydrogens (tertiary/aromatic N) is 2. The second-order valence-corrected chi connectivity index (χ2v) is 6.61. The molecule has 2 heterocycles. The highest BCUT2D eigenvalue weighted by Crippen LogP contribution is 2.28. The number of nitrogen functional groups attached to an aromatic ring is 1. The number of anilines is 2. The molecule has 3 N–H and O–H groups in total. The molecule has 1 atom stereocenters. The number of benzene rings is 2. The van der Waals surface area contributed by atoms with Crippen molar-refractivity contribution in [2.75, 3.05) is 17.7 Å². The molecule has 2 aromatic carbocycles. The molecule has 1 aliphatic heterocycles. The third-order valence-corrected chi connectivity index (χ3v) is 4.62. The van der Waals surface area contributed by atoms with E-state index in [4.69, 9.17) is 10.5 Å². The summed E-state index contributed by atoms with van der Waals surface area (Å²) in [6.45, 7) is 0.691. The normalized spacial score (nSPS) is 16.6. The predicted molar refractivity (Wildman–Crippen MR) is 102 cm³/mol. The molecule has 3 aromatic rings. The molecule has 1 fully saturated rings. The number of amides is 1. The molecule has 1 amide bonds. The van der Waals surface area contributed by atoms with E-state index >= 15 is 0 Å². The van der Waals surface area contributed by atoms with Gasteiger partial charge >= 0.3 is 0 Å². The number of fused-ring (bicyclic) bond motifs is 1. The van der Waals surface area contributed by atoms with Gasteiger partial charge in [-0.05, 0) is 54.3 Å². The highest BCUT2D eigenvalue weighted by molar-refractivity contribution is 5.94. The molecule has 1 saturated heterocycles. The van der Waals surface area contributed by atoms with E-state index < -0.39 is 5.82 Å². The highest BCUT2D eigenvalue weighted by atomic mass is 19.1. The van der Waals surface area contributed by atoms with Crippen molar-refractivity contribution in [2.45, 2.75) is 25.4 Å². The first-order valence-corrected chi connectivity index (χ1v) is 8.81. The smallest absolute Gasteiger partial charge is 0.226 e. The van der Waals surface area contributed by atoms with Crippen molar-refractivity contribution in [3.8, 4) is 11.1 Å². The van der Waals surface area contributed by atoms with Crippen molar-refractivity contribution in [3.05, 3.63) is 48.5 Å². The summed E-state index contributed by atoms with van der Waals surface area (Å²) >= 11 is 0. The van der Waals surface area contributed by atoms with E-state index in [0.717, 1.165) is 18.4 Å². The van der Waals surface area contributed by atoms with Crippen LogP contribution in [0.2, 0.25) is 0 Å². The van der Waals surface area contributed by atoms with Gasteiger partial charge in [0.05, 0.1) is 18.0 Å². The molecule has 0 bridgehead atoms. The fourth-order valence-electron chi connectivity index (χ4n) is 3.31. The topological polar surface area (TPSA) is 90.1 Å². The van der Waals surface area contributed by atoms with Gasteiger partial charge in [-0.15, -0.1) is 0 Å². The van der Waals surface area contributed by atoms with Gasteiger partial charge in [0.1, 0.15) is 18.0 Å². The van der Waals surface area contributed by atoms with Crippen LogP contribution in [0.4, 0.5) is 15.9 Å². The maximum absolute atomic E-state index is 14.1. The standard InChI is InChI=1S/C20H19FN4O2/c21-14-6-13(12-3-4-18-17(8-12)20(22)24-11-23-18)7-15(9-14)25-19(26)10-16-2-1-5-27-16/h3-4,6-9,11,16H,1-2,5,10H2,(H,25,26)(H2,22,23,24). The summed E-state index contributed by atoms with van der Waals surface area (Å²) in [5, 5.41) is 3.46. The molecule has 6 nitrogen and oxygen atoms in total. The largest absolute Gasteiger partial charge is 0.383 e. The summed E-state index contributed by atoms with van der Waals surface area (Å²) in [6, 6.07) is 9.91. The summed E-state index contributed by atoms with van der Waals surface area (Å²) in [4.78, 5) is 20.4. The van der Waals surface area contributed by atoms with Gasteiger partial charge in [0.15, 0.2) is 0 Å². The van der Waals surface area contributed by atoms with Crippen LogP contribution in [-0.2, 0) is 9.53 Å². The van der Waals surface area contributed by atoms with Crippen LogP contribution in [-0.4, -0.2) is 28.6 Å². The van der Waals surface area contributed by atoms with Crippen molar-refractivity contribution in [2.24, 2.45) is 0 Å². The first-order chi connectivity index (χ1) is 13.1. The lowest BCUT2D eigenvalue weighted by Crippen LogP contribution is -2.19.